The van der Waals surface area contributed by atoms with Crippen LogP contribution in [-0.2, 0) is 4.74 Å². The number of allylic oxidation sites excluding steroid dienone is 2. The van der Waals surface area contributed by atoms with E-state index < -0.39 is 0 Å². The fourth-order valence-electron chi connectivity index (χ4n) is 1.63. The molecule has 0 saturated carbocycles. The van der Waals surface area contributed by atoms with E-state index in [1.54, 1.807) is 11.8 Å². The van der Waals surface area contributed by atoms with E-state index in [2.05, 4.69) is 0 Å². The molecule has 2 unspecified atom stereocenters. The second kappa shape index (κ2) is 7.49. The van der Waals surface area contributed by atoms with Crippen molar-refractivity contribution in [2.45, 2.75) is 26.3 Å². The van der Waals surface area contributed by atoms with Crippen LogP contribution in [0.2, 0.25) is 0 Å². The van der Waals surface area contributed by atoms with Gasteiger partial charge in [-0.3, -0.25) is 0 Å². The molecule has 1 rings (SSSR count). The maximum Gasteiger partial charge on any atom is 0.521 e. The summed E-state index contributed by atoms with van der Waals surface area (Å²) in [4.78, 5) is 13.9. The van der Waals surface area contributed by atoms with Crippen LogP contribution in [0.4, 0.5) is 4.79 Å². The van der Waals surface area contributed by atoms with Gasteiger partial charge in [-0.2, -0.15) is 14.7 Å². The zero-order valence-corrected chi connectivity index (χ0v) is 14.2. The molecule has 0 aromatic heterocycles. The molecule has 1 N–H and O–H groups in total. The molecule has 0 spiro atoms. The highest BCUT2D eigenvalue weighted by Crippen LogP contribution is 2.27. The topological polar surface area (TPSA) is 37.2 Å². The molecule has 0 bridgehead atoms. The fourth-order valence-corrected chi connectivity index (χ4v) is 2.98. The summed E-state index contributed by atoms with van der Waals surface area (Å²) in [6, 6.07) is 0. The third kappa shape index (κ3) is 3.71. The first kappa shape index (κ1) is 17.9. The summed E-state index contributed by atoms with van der Waals surface area (Å²) in [7, 11) is 5.90. The van der Waals surface area contributed by atoms with Gasteiger partial charge in [-0.25, -0.2) is 5.01 Å². The number of hydrogen-bond donors (Lipinski definition) is 1. The summed E-state index contributed by atoms with van der Waals surface area (Å²) in [5.74, 6) is 0. The number of ether oxygens (including phenoxy) is 1. The highest BCUT2D eigenvalue weighted by molar-refractivity contribution is 8.03. The number of carbonyl (C=O) groups excluding carboxylic acids is 1. The molecule has 1 heterocycles. The van der Waals surface area contributed by atoms with Gasteiger partial charge in [0.2, 0.25) is 5.50 Å². The van der Waals surface area contributed by atoms with Crippen molar-refractivity contribution in [1.29, 1.82) is 0 Å². The number of nitrogens with one attached hydrogen (secondary N) is 1. The highest BCUT2D eigenvalue weighted by Gasteiger charge is 2.43. The van der Waals surface area contributed by atoms with E-state index in [1.165, 1.54) is 4.91 Å². The lowest BCUT2D eigenvalue weighted by molar-refractivity contribution is -0.808. The number of thioether (sulfide) groups is 1. The standard InChI is InChI=1S/C11H21N3O2S.BrH/c1-7-16-11(15)14-8(2)9(3)17-10(14)13(6)12(4)5;/h10H,7H2,1-6H3;1H. The summed E-state index contributed by atoms with van der Waals surface area (Å²) in [6.45, 7) is 6.27. The minimum absolute atomic E-state index is 0. The molecule has 0 radical (unpaired) electrons. The molecule has 2 atom stereocenters. The Kier molecular flexibility index (Phi) is 7.46. The molecule has 5 nitrogen and oxygen atoms in total. The number of carbonyl (C=O) groups is 1. The van der Waals surface area contributed by atoms with Crippen molar-refractivity contribution in [3.63, 3.8) is 0 Å². The first-order chi connectivity index (χ1) is 7.90. The second-order valence-electron chi connectivity index (χ2n) is 4.21. The molecule has 0 aromatic rings. The Morgan fingerprint density at radius 1 is 1.39 bits per heavy atom. The van der Waals surface area contributed by atoms with Crippen molar-refractivity contribution in [2.75, 3.05) is 27.7 Å². The Hall–Kier alpha value is -0.0800. The third-order valence-electron chi connectivity index (χ3n) is 2.93. The van der Waals surface area contributed by atoms with Gasteiger partial charge < -0.3 is 21.7 Å². The normalized spacial score (nSPS) is 23.6. The number of hydrogen-bond acceptors (Lipinski definition) is 5. The van der Waals surface area contributed by atoms with Crippen LogP contribution in [0.25, 0.3) is 0 Å². The van der Waals surface area contributed by atoms with E-state index in [0.717, 1.165) is 10.6 Å². The number of rotatable bonds is 3. The monoisotopic (exact) mass is 339 g/mol. The maximum atomic E-state index is 12.0. The van der Waals surface area contributed by atoms with E-state index in [0.29, 0.717) is 6.61 Å². The number of halogens is 1. The molecule has 1 aliphatic rings. The summed E-state index contributed by atoms with van der Waals surface area (Å²) in [6.07, 6.45) is -0.201. The zero-order valence-electron chi connectivity index (χ0n) is 11.8. The van der Waals surface area contributed by atoms with Gasteiger partial charge in [0, 0.05) is 33.0 Å². The van der Waals surface area contributed by atoms with E-state index in [4.69, 9.17) is 4.74 Å². The van der Waals surface area contributed by atoms with Gasteiger partial charge in [0.1, 0.15) is 5.70 Å². The minimum Gasteiger partial charge on any atom is -1.00 e. The Balaban J connectivity index is 0.00000289. The number of alkyl carbamates (subject to hydrolysis) is 2. The van der Waals surface area contributed by atoms with Crippen LogP contribution in [0, 0.1) is 0 Å². The number of hydrazine groups is 1. The van der Waals surface area contributed by atoms with Gasteiger partial charge in [-0.05, 0) is 25.6 Å². The predicted octanol–water partition coefficient (Wildman–Crippen LogP) is -2.28. The largest absolute Gasteiger partial charge is 1.00 e. The van der Waals surface area contributed by atoms with Crippen molar-refractivity contribution < 1.29 is 31.4 Å². The van der Waals surface area contributed by atoms with E-state index in [9.17, 15) is 4.79 Å². The molecular formula is C11H22BrN3O2S. The summed E-state index contributed by atoms with van der Waals surface area (Å²) in [5, 5.41) is 4.01. The van der Waals surface area contributed by atoms with Crippen LogP contribution in [0.15, 0.2) is 10.6 Å². The quantitative estimate of drug-likeness (QED) is 0.586. The lowest BCUT2D eigenvalue weighted by Gasteiger charge is -2.31. The average molecular weight is 340 g/mol. The molecule has 0 saturated heterocycles. The molecule has 106 valence electrons. The average Bonchev–Trinajstić information content (AvgIpc) is 2.54. The minimum atomic E-state index is -0.201. The van der Waals surface area contributed by atoms with E-state index in [-0.39, 0.29) is 28.6 Å². The van der Waals surface area contributed by atoms with Crippen molar-refractivity contribution in [1.82, 2.24) is 10.0 Å². The van der Waals surface area contributed by atoms with Crippen LogP contribution in [-0.4, -0.2) is 49.4 Å². The Morgan fingerprint density at radius 3 is 2.39 bits per heavy atom. The number of quaternary nitrogens is 1. The predicted molar refractivity (Wildman–Crippen MR) is 69.2 cm³/mol. The van der Waals surface area contributed by atoms with Gasteiger partial charge in [0.25, 0.3) is 0 Å². The lowest BCUT2D eigenvalue weighted by atomic mass is 10.4. The van der Waals surface area contributed by atoms with Crippen LogP contribution < -0.4 is 21.9 Å². The van der Waals surface area contributed by atoms with Crippen LogP contribution in [0.1, 0.15) is 20.8 Å². The van der Waals surface area contributed by atoms with Gasteiger partial charge >= 0.3 is 6.09 Å². The van der Waals surface area contributed by atoms with E-state index >= 15 is 0 Å². The molecule has 7 heteroatoms. The van der Waals surface area contributed by atoms with E-state index in [1.807, 2.05) is 51.9 Å². The van der Waals surface area contributed by atoms with Gasteiger partial charge in [0.05, 0.1) is 6.61 Å². The Bertz CT molecular complexity index is 336. The van der Waals surface area contributed by atoms with Crippen LogP contribution >= 0.6 is 11.8 Å². The molecule has 1 amide bonds. The van der Waals surface area contributed by atoms with Crippen LogP contribution in [0.5, 0.6) is 0 Å². The number of amides is 1. The van der Waals surface area contributed by atoms with Gasteiger partial charge in [-0.15, -0.1) is 0 Å². The highest BCUT2D eigenvalue weighted by atomic mass is 79.9. The number of nitrogens with zero attached hydrogens (tertiary/aromatic N) is 2. The fraction of sp³-hybridized carbons (Fsp3) is 0.727. The molecule has 1 aliphatic heterocycles. The Labute approximate surface area is 124 Å². The van der Waals surface area contributed by atoms with Crippen molar-refractivity contribution in [3.05, 3.63) is 10.6 Å². The summed E-state index contributed by atoms with van der Waals surface area (Å²) in [5.41, 5.74) is 1.07. The second-order valence-corrected chi connectivity index (χ2v) is 5.50. The molecule has 0 aliphatic carbocycles. The molecular weight excluding hydrogens is 318 g/mol. The summed E-state index contributed by atoms with van der Waals surface area (Å²) < 4.78 is 5.14. The third-order valence-corrected chi connectivity index (χ3v) is 4.36. The smallest absolute Gasteiger partial charge is 0.521 e. The first-order valence-corrected chi connectivity index (χ1v) is 6.56. The van der Waals surface area contributed by atoms with Crippen LogP contribution in [0.3, 0.4) is 0 Å². The maximum absolute atomic E-state index is 12.0. The zero-order chi connectivity index (χ0) is 13.2. The van der Waals surface area contributed by atoms with Crippen molar-refractivity contribution in [2.24, 2.45) is 0 Å². The first-order valence-electron chi connectivity index (χ1n) is 5.68. The molecule has 0 fully saturated rings. The molecule has 0 aromatic carbocycles. The lowest BCUT2D eigenvalue weighted by Crippen LogP contribution is -3.16. The van der Waals surface area contributed by atoms with Gasteiger partial charge in [-0.1, -0.05) is 0 Å². The molecule has 18 heavy (non-hydrogen) atoms. The van der Waals surface area contributed by atoms with Crippen molar-refractivity contribution in [3.8, 4) is 0 Å². The Morgan fingerprint density at radius 2 is 1.94 bits per heavy atom. The SMILES string of the molecule is CCOC(=O)[NH+]1C(C)=C(C)SC1N(C)N(C)C.[Br-]. The van der Waals surface area contributed by atoms with Gasteiger partial charge in [0.15, 0.2) is 0 Å². The van der Waals surface area contributed by atoms with Crippen molar-refractivity contribution >= 4 is 17.9 Å². The summed E-state index contributed by atoms with van der Waals surface area (Å²) >= 11 is 1.70.